The summed E-state index contributed by atoms with van der Waals surface area (Å²) >= 11 is 0. The van der Waals surface area contributed by atoms with Crippen LogP contribution in [0.25, 0.3) is 0 Å². The van der Waals surface area contributed by atoms with Gasteiger partial charge in [-0.25, -0.2) is 13.1 Å². The van der Waals surface area contributed by atoms with Gasteiger partial charge < -0.3 is 4.74 Å². The summed E-state index contributed by atoms with van der Waals surface area (Å²) in [5.41, 5.74) is -0.452. The zero-order valence-corrected chi connectivity index (χ0v) is 16.6. The average Bonchev–Trinajstić information content (AvgIpc) is 3.32. The van der Waals surface area contributed by atoms with Gasteiger partial charge in [0.1, 0.15) is 0 Å². The summed E-state index contributed by atoms with van der Waals surface area (Å²) in [5, 5.41) is 12.4. The molecule has 3 rings (SSSR count). The molecule has 0 aliphatic carbocycles. The lowest BCUT2D eigenvalue weighted by atomic mass is 9.87. The fourth-order valence-electron chi connectivity index (χ4n) is 4.22. The molecule has 9 nitrogen and oxygen atoms in total. The Kier molecular flexibility index (Phi) is 6.26. The van der Waals surface area contributed by atoms with Crippen LogP contribution < -0.4 is 0 Å². The number of aromatic nitrogens is 4. The fourth-order valence-corrected chi connectivity index (χ4v) is 5.81. The second-order valence-corrected chi connectivity index (χ2v) is 9.29. The predicted octanol–water partition coefficient (Wildman–Crippen LogP) is 0.446. The summed E-state index contributed by atoms with van der Waals surface area (Å²) in [6.45, 7) is 5.92. The Morgan fingerprint density at radius 2 is 1.96 bits per heavy atom. The molecule has 1 aromatic heterocycles. The van der Waals surface area contributed by atoms with E-state index in [1.165, 1.54) is 0 Å². The van der Waals surface area contributed by atoms with E-state index >= 15 is 0 Å². The van der Waals surface area contributed by atoms with Crippen molar-refractivity contribution >= 4 is 10.0 Å². The molecule has 26 heavy (non-hydrogen) atoms. The first-order valence-electron chi connectivity index (χ1n) is 9.52. The lowest BCUT2D eigenvalue weighted by Gasteiger charge is -2.46. The molecule has 148 valence electrons. The zero-order chi connectivity index (χ0) is 18.6. The topological polar surface area (TPSA) is 93.5 Å². The molecule has 2 saturated heterocycles. The third-order valence-electron chi connectivity index (χ3n) is 5.46. The van der Waals surface area contributed by atoms with Crippen LogP contribution in [0.3, 0.4) is 0 Å². The fraction of sp³-hybridized carbons (Fsp3) is 0.938. The van der Waals surface area contributed by atoms with E-state index in [-0.39, 0.29) is 5.75 Å². The second kappa shape index (κ2) is 8.28. The number of rotatable bonds is 8. The standard InChI is InChI=1S/C16H30N6O3S/c1-3-13-26(23,24)21-10-6-7-16(14-21,20-8-4-5-9-20)15-17-18-19-22(15)11-12-25-2/h3-14H2,1-2H3. The van der Waals surface area contributed by atoms with Gasteiger partial charge in [-0.05, 0) is 55.6 Å². The highest BCUT2D eigenvalue weighted by atomic mass is 32.2. The molecule has 0 aromatic carbocycles. The number of methoxy groups -OCH3 is 1. The smallest absolute Gasteiger partial charge is 0.214 e. The Balaban J connectivity index is 1.96. The van der Waals surface area contributed by atoms with E-state index in [9.17, 15) is 8.42 Å². The second-order valence-electron chi connectivity index (χ2n) is 7.20. The SMILES string of the molecule is CCCS(=O)(=O)N1CCCC(c2nnnn2CCOC)(N2CCCC2)C1. The van der Waals surface area contributed by atoms with Gasteiger partial charge >= 0.3 is 0 Å². The first-order chi connectivity index (χ1) is 12.5. The molecule has 2 aliphatic heterocycles. The summed E-state index contributed by atoms with van der Waals surface area (Å²) in [4.78, 5) is 2.40. The molecule has 0 bridgehead atoms. The Hall–Kier alpha value is -1.10. The molecule has 2 aliphatic rings. The van der Waals surface area contributed by atoms with Crippen LogP contribution in [0.1, 0.15) is 44.9 Å². The molecular formula is C16H30N6O3S. The zero-order valence-electron chi connectivity index (χ0n) is 15.8. The minimum absolute atomic E-state index is 0.192. The highest BCUT2D eigenvalue weighted by Gasteiger charge is 2.48. The van der Waals surface area contributed by atoms with Crippen molar-refractivity contribution in [3.8, 4) is 0 Å². The minimum Gasteiger partial charge on any atom is -0.383 e. The number of hydrogen-bond acceptors (Lipinski definition) is 7. The van der Waals surface area contributed by atoms with E-state index in [0.717, 1.165) is 44.6 Å². The number of ether oxygens (including phenoxy) is 1. The maximum atomic E-state index is 12.7. The van der Waals surface area contributed by atoms with Crippen molar-refractivity contribution in [2.45, 2.75) is 51.1 Å². The maximum Gasteiger partial charge on any atom is 0.214 e. The molecule has 0 N–H and O–H groups in total. The van der Waals surface area contributed by atoms with Crippen molar-refractivity contribution in [3.63, 3.8) is 0 Å². The van der Waals surface area contributed by atoms with E-state index in [1.54, 1.807) is 16.1 Å². The molecule has 1 unspecified atom stereocenters. The number of tetrazole rings is 1. The Morgan fingerprint density at radius 3 is 2.65 bits per heavy atom. The van der Waals surface area contributed by atoms with Crippen LogP contribution in [0.4, 0.5) is 0 Å². The van der Waals surface area contributed by atoms with Crippen LogP contribution in [-0.4, -0.2) is 83.5 Å². The Morgan fingerprint density at radius 1 is 1.19 bits per heavy atom. The average molecular weight is 387 g/mol. The molecule has 0 spiro atoms. The van der Waals surface area contributed by atoms with E-state index in [2.05, 4.69) is 20.4 Å². The van der Waals surface area contributed by atoms with Gasteiger partial charge in [-0.1, -0.05) is 6.92 Å². The number of nitrogens with zero attached hydrogens (tertiary/aromatic N) is 6. The van der Waals surface area contributed by atoms with Crippen molar-refractivity contribution < 1.29 is 13.2 Å². The molecule has 3 heterocycles. The molecule has 2 fully saturated rings. The summed E-state index contributed by atoms with van der Waals surface area (Å²) in [6.07, 6.45) is 4.57. The van der Waals surface area contributed by atoms with Crippen molar-refractivity contribution in [2.24, 2.45) is 0 Å². The summed E-state index contributed by atoms with van der Waals surface area (Å²) in [7, 11) is -1.60. The van der Waals surface area contributed by atoms with Gasteiger partial charge in [0.15, 0.2) is 5.82 Å². The van der Waals surface area contributed by atoms with Crippen molar-refractivity contribution in [1.82, 2.24) is 29.4 Å². The molecule has 0 saturated carbocycles. The van der Waals surface area contributed by atoms with Gasteiger partial charge in [-0.2, -0.15) is 4.31 Å². The van der Waals surface area contributed by atoms with Gasteiger partial charge in [0.25, 0.3) is 0 Å². The van der Waals surface area contributed by atoms with Gasteiger partial charge in [-0.15, -0.1) is 5.10 Å². The maximum absolute atomic E-state index is 12.7. The number of piperidine rings is 1. The van der Waals surface area contributed by atoms with Crippen molar-refractivity contribution in [2.75, 3.05) is 45.6 Å². The van der Waals surface area contributed by atoms with Crippen molar-refractivity contribution in [3.05, 3.63) is 5.82 Å². The monoisotopic (exact) mass is 386 g/mol. The van der Waals surface area contributed by atoms with Gasteiger partial charge in [0, 0.05) is 20.2 Å². The molecule has 0 radical (unpaired) electrons. The van der Waals surface area contributed by atoms with Gasteiger partial charge in [-0.3, -0.25) is 4.90 Å². The van der Waals surface area contributed by atoms with E-state index in [4.69, 9.17) is 4.74 Å². The van der Waals surface area contributed by atoms with Crippen LogP contribution >= 0.6 is 0 Å². The third-order valence-corrected chi connectivity index (χ3v) is 7.48. The lowest BCUT2D eigenvalue weighted by molar-refractivity contribution is 0.0398. The summed E-state index contributed by atoms with van der Waals surface area (Å²) in [5.74, 6) is 0.963. The van der Waals surface area contributed by atoms with E-state index in [0.29, 0.717) is 32.7 Å². The van der Waals surface area contributed by atoms with Crippen LogP contribution in [0.2, 0.25) is 0 Å². The number of likely N-dealkylation sites (tertiary alicyclic amines) is 1. The van der Waals surface area contributed by atoms with Crippen LogP contribution in [0.15, 0.2) is 0 Å². The Bertz CT molecular complexity index is 688. The predicted molar refractivity (Wildman–Crippen MR) is 97.1 cm³/mol. The highest BCUT2D eigenvalue weighted by Crippen LogP contribution is 2.39. The molecule has 1 atom stereocenters. The quantitative estimate of drug-likeness (QED) is 0.640. The molecular weight excluding hydrogens is 356 g/mol. The van der Waals surface area contributed by atoms with Gasteiger partial charge in [0.05, 0.1) is 24.4 Å². The summed E-state index contributed by atoms with van der Waals surface area (Å²) < 4.78 is 34.1. The largest absolute Gasteiger partial charge is 0.383 e. The number of sulfonamides is 1. The molecule has 0 amide bonds. The van der Waals surface area contributed by atoms with Gasteiger partial charge in [0.2, 0.25) is 10.0 Å². The first-order valence-corrected chi connectivity index (χ1v) is 11.1. The van der Waals surface area contributed by atoms with Crippen molar-refractivity contribution in [1.29, 1.82) is 0 Å². The summed E-state index contributed by atoms with van der Waals surface area (Å²) in [6, 6.07) is 0. The van der Waals surface area contributed by atoms with Crippen LogP contribution in [-0.2, 0) is 26.8 Å². The highest BCUT2D eigenvalue weighted by molar-refractivity contribution is 7.89. The normalized spacial score (nSPS) is 25.8. The first kappa shape index (κ1) is 19.7. The minimum atomic E-state index is -3.25. The van der Waals surface area contributed by atoms with Crippen LogP contribution in [0.5, 0.6) is 0 Å². The lowest BCUT2D eigenvalue weighted by Crippen LogP contribution is -2.58. The third kappa shape index (κ3) is 3.78. The number of hydrogen-bond donors (Lipinski definition) is 0. The Labute approximate surface area is 155 Å². The molecule has 10 heteroatoms. The van der Waals surface area contributed by atoms with E-state index in [1.807, 2.05) is 6.92 Å². The molecule has 1 aromatic rings. The van der Waals surface area contributed by atoms with E-state index < -0.39 is 15.6 Å². The van der Waals surface area contributed by atoms with Crippen LogP contribution in [0, 0.1) is 0 Å².